The van der Waals surface area contributed by atoms with Crippen molar-refractivity contribution in [2.75, 3.05) is 4.72 Å². The normalized spacial score (nSPS) is 11.1. The second-order valence-electron chi connectivity index (χ2n) is 2.86. The fourth-order valence-corrected chi connectivity index (χ4v) is 2.44. The van der Waals surface area contributed by atoms with Gasteiger partial charge in [-0.2, -0.15) is 5.10 Å². The summed E-state index contributed by atoms with van der Waals surface area (Å²) in [6.45, 7) is 0. The third kappa shape index (κ3) is 2.66. The minimum Gasteiger partial charge on any atom is -0.246 e. The predicted octanol–water partition coefficient (Wildman–Crippen LogP) is 0.721. The van der Waals surface area contributed by atoms with Crippen LogP contribution in [0.5, 0.6) is 0 Å². The molecule has 0 aliphatic carbocycles. The Kier molecular flexibility index (Phi) is 3.16. The molecule has 9 heteroatoms. The van der Waals surface area contributed by atoms with E-state index >= 15 is 0 Å². The summed E-state index contributed by atoms with van der Waals surface area (Å²) in [4.78, 5) is 7.22. The van der Waals surface area contributed by atoms with Gasteiger partial charge in [-0.05, 0) is 12.1 Å². The van der Waals surface area contributed by atoms with E-state index in [1.54, 1.807) is 0 Å². The van der Waals surface area contributed by atoms with Crippen molar-refractivity contribution in [1.82, 2.24) is 20.2 Å². The Balaban J connectivity index is 2.36. The molecule has 88 valence electrons. The Morgan fingerprint density at radius 1 is 1.18 bits per heavy atom. The SMILES string of the molecule is O=S(=O)(Nc1nccnn1)c1cccnc1Cl. The fraction of sp³-hybridized carbons (Fsp3) is 0. The van der Waals surface area contributed by atoms with Crippen LogP contribution in [0.25, 0.3) is 0 Å². The van der Waals surface area contributed by atoms with Crippen molar-refractivity contribution in [2.24, 2.45) is 0 Å². The highest BCUT2D eigenvalue weighted by Gasteiger charge is 2.19. The first-order chi connectivity index (χ1) is 8.09. The molecule has 0 aromatic carbocycles. The summed E-state index contributed by atoms with van der Waals surface area (Å²) < 4.78 is 25.9. The van der Waals surface area contributed by atoms with Gasteiger partial charge in [-0.15, -0.1) is 5.10 Å². The molecule has 0 amide bonds. The van der Waals surface area contributed by atoms with Crippen LogP contribution in [0.3, 0.4) is 0 Å². The number of pyridine rings is 1. The van der Waals surface area contributed by atoms with E-state index in [9.17, 15) is 8.42 Å². The number of aromatic nitrogens is 4. The quantitative estimate of drug-likeness (QED) is 0.826. The zero-order valence-corrected chi connectivity index (χ0v) is 9.85. The largest absolute Gasteiger partial charge is 0.267 e. The van der Waals surface area contributed by atoms with Crippen molar-refractivity contribution >= 4 is 27.6 Å². The highest BCUT2D eigenvalue weighted by atomic mass is 35.5. The summed E-state index contributed by atoms with van der Waals surface area (Å²) in [6.07, 6.45) is 4.03. The molecule has 0 spiro atoms. The molecule has 0 aliphatic heterocycles. The maximum absolute atomic E-state index is 11.9. The van der Waals surface area contributed by atoms with E-state index in [0.29, 0.717) is 0 Å². The van der Waals surface area contributed by atoms with Crippen molar-refractivity contribution in [1.29, 1.82) is 0 Å². The van der Waals surface area contributed by atoms with E-state index in [4.69, 9.17) is 11.6 Å². The lowest BCUT2D eigenvalue weighted by atomic mass is 10.5. The van der Waals surface area contributed by atoms with Gasteiger partial charge in [-0.25, -0.2) is 23.1 Å². The Hall–Kier alpha value is -1.80. The van der Waals surface area contributed by atoms with Crippen LogP contribution in [0.4, 0.5) is 5.95 Å². The van der Waals surface area contributed by atoms with E-state index in [-0.39, 0.29) is 16.0 Å². The van der Waals surface area contributed by atoms with Crippen LogP contribution in [0.1, 0.15) is 0 Å². The van der Waals surface area contributed by atoms with Gasteiger partial charge < -0.3 is 0 Å². The number of anilines is 1. The molecule has 0 aliphatic rings. The van der Waals surface area contributed by atoms with E-state index in [2.05, 4.69) is 24.9 Å². The highest BCUT2D eigenvalue weighted by molar-refractivity contribution is 7.92. The topological polar surface area (TPSA) is 97.7 Å². The molecule has 2 heterocycles. The molecule has 0 unspecified atom stereocenters. The van der Waals surface area contributed by atoms with Crippen LogP contribution in [0.15, 0.2) is 35.6 Å². The van der Waals surface area contributed by atoms with Gasteiger partial charge in [0, 0.05) is 6.20 Å². The standard InChI is InChI=1S/C8H6ClN5O2S/c9-7-6(2-1-3-10-7)17(15,16)14-8-11-4-5-12-13-8/h1-5H,(H,11,13,14). The number of hydrogen-bond acceptors (Lipinski definition) is 6. The maximum Gasteiger partial charge on any atom is 0.267 e. The molecule has 0 atom stereocenters. The van der Waals surface area contributed by atoms with Gasteiger partial charge >= 0.3 is 0 Å². The molecule has 0 saturated carbocycles. The van der Waals surface area contributed by atoms with Crippen molar-refractivity contribution in [3.8, 4) is 0 Å². The molecular weight excluding hydrogens is 266 g/mol. The zero-order chi connectivity index (χ0) is 12.3. The first kappa shape index (κ1) is 11.7. The number of nitrogens with one attached hydrogen (secondary N) is 1. The Labute approximate surface area is 102 Å². The molecule has 17 heavy (non-hydrogen) atoms. The van der Waals surface area contributed by atoms with Gasteiger partial charge in [0.25, 0.3) is 16.0 Å². The zero-order valence-electron chi connectivity index (χ0n) is 8.28. The molecule has 2 aromatic heterocycles. The van der Waals surface area contributed by atoms with E-state index in [1.165, 1.54) is 30.7 Å². The highest BCUT2D eigenvalue weighted by Crippen LogP contribution is 2.19. The number of sulfonamides is 1. The average Bonchev–Trinajstić information content (AvgIpc) is 2.30. The third-order valence-corrected chi connectivity index (χ3v) is 3.50. The van der Waals surface area contributed by atoms with Crippen LogP contribution >= 0.6 is 11.6 Å². The number of nitrogens with zero attached hydrogens (tertiary/aromatic N) is 4. The lowest BCUT2D eigenvalue weighted by molar-refractivity contribution is 0.600. The molecule has 0 bridgehead atoms. The van der Waals surface area contributed by atoms with Gasteiger partial charge in [-0.1, -0.05) is 11.6 Å². The molecule has 2 aromatic rings. The summed E-state index contributed by atoms with van der Waals surface area (Å²) in [5.74, 6) is -0.132. The van der Waals surface area contributed by atoms with Crippen molar-refractivity contribution in [3.63, 3.8) is 0 Å². The Morgan fingerprint density at radius 2 is 2.00 bits per heavy atom. The molecule has 7 nitrogen and oxygen atoms in total. The molecule has 0 fully saturated rings. The fourth-order valence-electron chi connectivity index (χ4n) is 1.04. The first-order valence-corrected chi connectivity index (χ1v) is 6.23. The van der Waals surface area contributed by atoms with E-state index < -0.39 is 10.0 Å². The van der Waals surface area contributed by atoms with Gasteiger partial charge in [-0.3, -0.25) is 0 Å². The van der Waals surface area contributed by atoms with Crippen LogP contribution in [-0.4, -0.2) is 28.6 Å². The Morgan fingerprint density at radius 3 is 2.65 bits per heavy atom. The monoisotopic (exact) mass is 271 g/mol. The minimum absolute atomic E-state index is 0.121. The molecule has 1 N–H and O–H groups in total. The smallest absolute Gasteiger partial charge is 0.246 e. The number of rotatable bonds is 3. The lowest BCUT2D eigenvalue weighted by Gasteiger charge is -2.06. The van der Waals surface area contributed by atoms with Crippen molar-refractivity contribution in [3.05, 3.63) is 35.9 Å². The molecular formula is C8H6ClN5O2S. The number of halogens is 1. The lowest BCUT2D eigenvalue weighted by Crippen LogP contribution is -2.16. The summed E-state index contributed by atoms with van der Waals surface area (Å²) in [5.41, 5.74) is 0. The minimum atomic E-state index is -3.85. The molecule has 0 radical (unpaired) electrons. The van der Waals surface area contributed by atoms with Gasteiger partial charge in [0.1, 0.15) is 10.0 Å². The van der Waals surface area contributed by atoms with Crippen LogP contribution in [-0.2, 0) is 10.0 Å². The second-order valence-corrected chi connectivity index (χ2v) is 4.87. The van der Waals surface area contributed by atoms with Crippen LogP contribution in [0.2, 0.25) is 5.15 Å². The van der Waals surface area contributed by atoms with Crippen molar-refractivity contribution in [2.45, 2.75) is 4.90 Å². The van der Waals surface area contributed by atoms with E-state index in [0.717, 1.165) is 0 Å². The average molecular weight is 272 g/mol. The van der Waals surface area contributed by atoms with Gasteiger partial charge in [0.2, 0.25) is 0 Å². The maximum atomic E-state index is 11.9. The summed E-state index contributed by atoms with van der Waals surface area (Å²) in [6, 6.07) is 2.79. The molecule has 0 saturated heterocycles. The van der Waals surface area contributed by atoms with Gasteiger partial charge in [0.05, 0.1) is 12.4 Å². The summed E-state index contributed by atoms with van der Waals surface area (Å²) in [7, 11) is -3.85. The predicted molar refractivity (Wildman–Crippen MR) is 59.9 cm³/mol. The second kappa shape index (κ2) is 4.60. The van der Waals surface area contributed by atoms with Crippen LogP contribution in [0, 0.1) is 0 Å². The Bertz CT molecular complexity index is 619. The van der Waals surface area contributed by atoms with Gasteiger partial charge in [0.15, 0.2) is 0 Å². The third-order valence-electron chi connectivity index (χ3n) is 1.72. The first-order valence-electron chi connectivity index (χ1n) is 4.36. The summed E-state index contributed by atoms with van der Waals surface area (Å²) in [5, 5.41) is 6.88. The molecule has 2 rings (SSSR count). The van der Waals surface area contributed by atoms with E-state index in [1.807, 2.05) is 0 Å². The number of hydrogen-bond donors (Lipinski definition) is 1. The van der Waals surface area contributed by atoms with Crippen molar-refractivity contribution < 1.29 is 8.42 Å². The summed E-state index contributed by atoms with van der Waals surface area (Å²) >= 11 is 5.69. The van der Waals surface area contributed by atoms with Crippen LogP contribution < -0.4 is 4.72 Å².